The third-order valence-corrected chi connectivity index (χ3v) is 4.17. The van der Waals surface area contributed by atoms with E-state index in [9.17, 15) is 9.59 Å². The number of amides is 2. The molecule has 0 fully saturated rings. The quantitative estimate of drug-likeness (QED) is 0.687. The number of hydrogen-bond acceptors (Lipinski definition) is 3. The van der Waals surface area contributed by atoms with Gasteiger partial charge in [0, 0.05) is 25.1 Å². The summed E-state index contributed by atoms with van der Waals surface area (Å²) in [5, 5.41) is 5.63. The molecule has 0 aliphatic carbocycles. The van der Waals surface area contributed by atoms with Crippen molar-refractivity contribution >= 4 is 22.8 Å². The molecule has 2 N–H and O–H groups in total. The zero-order valence-electron chi connectivity index (χ0n) is 14.7. The molecule has 3 aromatic rings. The van der Waals surface area contributed by atoms with E-state index in [0.717, 1.165) is 23.4 Å². The third kappa shape index (κ3) is 4.08. The molecule has 0 spiro atoms. The van der Waals surface area contributed by atoms with Crippen LogP contribution < -0.4 is 10.6 Å². The molecule has 6 heteroatoms. The summed E-state index contributed by atoms with van der Waals surface area (Å²) in [6.45, 7) is 3.51. The van der Waals surface area contributed by atoms with Gasteiger partial charge in [-0.3, -0.25) is 9.59 Å². The Morgan fingerprint density at radius 1 is 1.00 bits per heavy atom. The highest BCUT2D eigenvalue weighted by Gasteiger charge is 2.11. The number of para-hydroxylation sites is 2. The summed E-state index contributed by atoms with van der Waals surface area (Å²) >= 11 is 0. The lowest BCUT2D eigenvalue weighted by Gasteiger charge is -2.08. The number of nitrogens with one attached hydrogen (secondary N) is 2. The van der Waals surface area contributed by atoms with E-state index < -0.39 is 0 Å². The molecule has 0 atom stereocenters. The van der Waals surface area contributed by atoms with Crippen LogP contribution in [0.5, 0.6) is 0 Å². The molecule has 0 saturated heterocycles. The molecule has 1 aromatic heterocycles. The fraction of sp³-hybridized carbons (Fsp3) is 0.250. The number of imidazole rings is 1. The van der Waals surface area contributed by atoms with E-state index >= 15 is 0 Å². The van der Waals surface area contributed by atoms with Crippen LogP contribution in [0.3, 0.4) is 0 Å². The summed E-state index contributed by atoms with van der Waals surface area (Å²) in [6, 6.07) is 16.9. The summed E-state index contributed by atoms with van der Waals surface area (Å²) in [6.07, 6.45) is 0.227. The summed E-state index contributed by atoms with van der Waals surface area (Å²) in [5.74, 6) is 0.537. The number of fused-ring (bicyclic) bond motifs is 1. The third-order valence-electron chi connectivity index (χ3n) is 4.17. The molecule has 0 unspecified atom stereocenters. The SMILES string of the molecule is CCn1c(CNC(=O)CCNC(=O)c2ccccc2)nc2ccccc21. The Labute approximate surface area is 152 Å². The number of carbonyl (C=O) groups is 2. The highest BCUT2D eigenvalue weighted by atomic mass is 16.2. The van der Waals surface area contributed by atoms with E-state index in [1.165, 1.54) is 0 Å². The first kappa shape index (κ1) is 17.7. The second-order valence-electron chi connectivity index (χ2n) is 5.91. The van der Waals surface area contributed by atoms with E-state index in [1.807, 2.05) is 30.3 Å². The van der Waals surface area contributed by atoms with E-state index in [-0.39, 0.29) is 18.2 Å². The average molecular weight is 350 g/mol. The number of carbonyl (C=O) groups excluding carboxylic acids is 2. The van der Waals surface area contributed by atoms with Gasteiger partial charge in [0.05, 0.1) is 17.6 Å². The van der Waals surface area contributed by atoms with Gasteiger partial charge < -0.3 is 15.2 Å². The molecular formula is C20H22N4O2. The minimum Gasteiger partial charge on any atom is -0.352 e. The first-order valence-electron chi connectivity index (χ1n) is 8.73. The van der Waals surface area contributed by atoms with E-state index in [1.54, 1.807) is 24.3 Å². The molecule has 2 aromatic carbocycles. The first-order valence-corrected chi connectivity index (χ1v) is 8.73. The lowest BCUT2D eigenvalue weighted by atomic mass is 10.2. The standard InChI is InChI=1S/C20H22N4O2/c1-2-24-17-11-7-6-10-16(17)23-18(24)14-22-19(25)12-13-21-20(26)15-8-4-3-5-9-15/h3-11H,2,12-14H2,1H3,(H,21,26)(H,22,25). The average Bonchev–Trinajstić information content (AvgIpc) is 3.04. The van der Waals surface area contributed by atoms with Crippen LogP contribution in [0.1, 0.15) is 29.5 Å². The van der Waals surface area contributed by atoms with Crippen molar-refractivity contribution in [2.75, 3.05) is 6.54 Å². The molecular weight excluding hydrogens is 328 g/mol. The molecule has 134 valence electrons. The van der Waals surface area contributed by atoms with Gasteiger partial charge in [-0.2, -0.15) is 0 Å². The van der Waals surface area contributed by atoms with E-state index in [2.05, 4.69) is 27.1 Å². The van der Waals surface area contributed by atoms with Crippen LogP contribution in [0.15, 0.2) is 54.6 Å². The fourth-order valence-electron chi connectivity index (χ4n) is 2.86. The summed E-state index contributed by atoms with van der Waals surface area (Å²) in [5.41, 5.74) is 2.58. The molecule has 6 nitrogen and oxygen atoms in total. The predicted octanol–water partition coefficient (Wildman–Crippen LogP) is 2.49. The van der Waals surface area contributed by atoms with Crippen molar-refractivity contribution in [3.63, 3.8) is 0 Å². The maximum Gasteiger partial charge on any atom is 0.251 e. The number of benzene rings is 2. The smallest absolute Gasteiger partial charge is 0.251 e. The summed E-state index contributed by atoms with van der Waals surface area (Å²) in [7, 11) is 0. The van der Waals surface area contributed by atoms with Crippen LogP contribution in [0.4, 0.5) is 0 Å². The van der Waals surface area contributed by atoms with Gasteiger partial charge in [0.15, 0.2) is 0 Å². The van der Waals surface area contributed by atoms with Gasteiger partial charge in [0.2, 0.25) is 5.91 Å². The highest BCUT2D eigenvalue weighted by molar-refractivity contribution is 5.94. The van der Waals surface area contributed by atoms with Crippen LogP contribution in [0.25, 0.3) is 11.0 Å². The first-order chi connectivity index (χ1) is 12.7. The highest BCUT2D eigenvalue weighted by Crippen LogP contribution is 2.15. The van der Waals surface area contributed by atoms with E-state index in [0.29, 0.717) is 18.7 Å². The molecule has 1 heterocycles. The van der Waals surface area contributed by atoms with E-state index in [4.69, 9.17) is 0 Å². The lowest BCUT2D eigenvalue weighted by molar-refractivity contribution is -0.121. The van der Waals surface area contributed by atoms with Gasteiger partial charge in [-0.15, -0.1) is 0 Å². The molecule has 0 bridgehead atoms. The Morgan fingerprint density at radius 3 is 2.50 bits per heavy atom. The molecule has 0 aliphatic heterocycles. The molecule has 0 aliphatic rings. The van der Waals surface area contributed by atoms with Crippen LogP contribution in [0, 0.1) is 0 Å². The van der Waals surface area contributed by atoms with Gasteiger partial charge in [-0.1, -0.05) is 30.3 Å². The Bertz CT molecular complexity index is 903. The van der Waals surface area contributed by atoms with Gasteiger partial charge in [0.25, 0.3) is 5.91 Å². The molecule has 26 heavy (non-hydrogen) atoms. The maximum absolute atomic E-state index is 12.0. The number of hydrogen-bond donors (Lipinski definition) is 2. The predicted molar refractivity (Wildman–Crippen MR) is 101 cm³/mol. The van der Waals surface area contributed by atoms with Crippen molar-refractivity contribution < 1.29 is 9.59 Å². The fourth-order valence-corrected chi connectivity index (χ4v) is 2.86. The molecule has 0 saturated carbocycles. The largest absolute Gasteiger partial charge is 0.352 e. The number of aryl methyl sites for hydroxylation is 1. The lowest BCUT2D eigenvalue weighted by Crippen LogP contribution is -2.31. The van der Waals surface area contributed by atoms with Gasteiger partial charge in [-0.05, 0) is 31.2 Å². The van der Waals surface area contributed by atoms with Gasteiger partial charge >= 0.3 is 0 Å². The van der Waals surface area contributed by atoms with Crippen molar-refractivity contribution in [2.24, 2.45) is 0 Å². The normalized spacial score (nSPS) is 10.7. The van der Waals surface area contributed by atoms with Crippen LogP contribution in [-0.4, -0.2) is 27.9 Å². The van der Waals surface area contributed by atoms with Crippen molar-refractivity contribution in [1.82, 2.24) is 20.2 Å². The van der Waals surface area contributed by atoms with Crippen LogP contribution in [0.2, 0.25) is 0 Å². The summed E-state index contributed by atoms with van der Waals surface area (Å²) in [4.78, 5) is 28.6. The Morgan fingerprint density at radius 2 is 1.73 bits per heavy atom. The van der Waals surface area contributed by atoms with Crippen LogP contribution in [-0.2, 0) is 17.9 Å². The molecule has 3 rings (SSSR count). The topological polar surface area (TPSA) is 76.0 Å². The van der Waals surface area contributed by atoms with Crippen molar-refractivity contribution in [3.05, 3.63) is 66.0 Å². The Balaban J connectivity index is 1.49. The zero-order valence-corrected chi connectivity index (χ0v) is 14.7. The number of rotatable bonds is 7. The Kier molecular flexibility index (Phi) is 5.63. The molecule has 2 amide bonds. The van der Waals surface area contributed by atoms with Crippen molar-refractivity contribution in [2.45, 2.75) is 26.4 Å². The van der Waals surface area contributed by atoms with Crippen molar-refractivity contribution in [3.8, 4) is 0 Å². The number of aromatic nitrogens is 2. The molecule has 0 radical (unpaired) electrons. The van der Waals surface area contributed by atoms with Crippen molar-refractivity contribution in [1.29, 1.82) is 0 Å². The van der Waals surface area contributed by atoms with Gasteiger partial charge in [0.1, 0.15) is 5.82 Å². The second-order valence-corrected chi connectivity index (χ2v) is 5.91. The van der Waals surface area contributed by atoms with Gasteiger partial charge in [-0.25, -0.2) is 4.98 Å². The maximum atomic E-state index is 12.0. The minimum atomic E-state index is -0.175. The minimum absolute atomic E-state index is 0.118. The van der Waals surface area contributed by atoms with Crippen LogP contribution >= 0.6 is 0 Å². The summed E-state index contributed by atoms with van der Waals surface area (Å²) < 4.78 is 2.09. The monoisotopic (exact) mass is 350 g/mol. The zero-order chi connectivity index (χ0) is 18.4. The number of nitrogens with zero attached hydrogens (tertiary/aromatic N) is 2. The second kappa shape index (κ2) is 8.29. The Hall–Kier alpha value is -3.15.